The van der Waals surface area contributed by atoms with Gasteiger partial charge in [0.15, 0.2) is 6.10 Å². The molecule has 0 radical (unpaired) electrons. The second-order valence-electron chi connectivity index (χ2n) is 6.96. The van der Waals surface area contributed by atoms with Gasteiger partial charge in [-0.2, -0.15) is 0 Å². The topological polar surface area (TPSA) is 92.9 Å². The van der Waals surface area contributed by atoms with Crippen molar-refractivity contribution < 1.29 is 28.3 Å². The molecule has 1 N–H and O–H groups in total. The van der Waals surface area contributed by atoms with Gasteiger partial charge >= 0.3 is 6.09 Å². The summed E-state index contributed by atoms with van der Waals surface area (Å²) < 4.78 is 31.0. The summed E-state index contributed by atoms with van der Waals surface area (Å²) >= 11 is 0. The van der Waals surface area contributed by atoms with Gasteiger partial charge in [-0.25, -0.2) is 13.6 Å². The van der Waals surface area contributed by atoms with Gasteiger partial charge in [0.05, 0.1) is 6.54 Å². The van der Waals surface area contributed by atoms with Gasteiger partial charge in [0, 0.05) is 16.9 Å². The molecule has 1 aliphatic carbocycles. The number of halogens is 2. The van der Waals surface area contributed by atoms with E-state index in [-0.39, 0.29) is 18.9 Å². The highest BCUT2D eigenvalue weighted by Crippen LogP contribution is 2.49. The molecular weight excluding hydrogens is 302 g/mol. The lowest BCUT2D eigenvalue weighted by atomic mass is 9.61. The van der Waals surface area contributed by atoms with Gasteiger partial charge < -0.3 is 9.84 Å². The maximum atomic E-state index is 12.9. The van der Waals surface area contributed by atoms with Crippen LogP contribution >= 0.6 is 0 Å². The summed E-state index contributed by atoms with van der Waals surface area (Å²) in [6.07, 6.45) is -5.99. The highest BCUT2D eigenvalue weighted by Gasteiger charge is 2.69. The van der Waals surface area contributed by atoms with E-state index < -0.39 is 47.1 Å². The fraction of sp³-hybridized carbons (Fsp3) is 0.923. The number of nitrogens with zero attached hydrogens (tertiary/aromatic N) is 2. The van der Waals surface area contributed by atoms with Gasteiger partial charge in [-0.15, -0.1) is 0 Å². The standard InChI is InChI=1S/C13H20F2N2O5/c1-12(2,3)22-11(19)16-6-13(17(20)21,9(18)10(14)15)7-4-8(16)5-7/h7-10,18H,4-6H2,1-3H3. The molecule has 0 spiro atoms. The van der Waals surface area contributed by atoms with Crippen LogP contribution in [0.4, 0.5) is 13.6 Å². The van der Waals surface area contributed by atoms with Crippen LogP contribution in [0.15, 0.2) is 0 Å². The molecule has 126 valence electrons. The molecule has 2 aliphatic heterocycles. The van der Waals surface area contributed by atoms with E-state index in [9.17, 15) is 28.8 Å². The summed E-state index contributed by atoms with van der Waals surface area (Å²) in [5, 5.41) is 21.2. The number of nitro groups is 1. The average Bonchev–Trinajstić information content (AvgIpc) is 2.33. The minimum Gasteiger partial charge on any atom is -0.444 e. The molecule has 22 heavy (non-hydrogen) atoms. The number of rotatable bonds is 3. The Bertz CT molecular complexity index is 476. The predicted octanol–water partition coefficient (Wildman–Crippen LogP) is 1.66. The van der Waals surface area contributed by atoms with E-state index >= 15 is 0 Å². The largest absolute Gasteiger partial charge is 0.444 e. The number of amides is 1. The van der Waals surface area contributed by atoms with Crippen LogP contribution in [0, 0.1) is 16.0 Å². The maximum absolute atomic E-state index is 12.9. The SMILES string of the molecule is CC(C)(C)OC(=O)N1CC(C(O)C(F)F)([N+](=O)[O-])C2CC1C2. The van der Waals surface area contributed by atoms with Crippen LogP contribution in [0.2, 0.25) is 0 Å². The summed E-state index contributed by atoms with van der Waals surface area (Å²) in [4.78, 5) is 23.9. The lowest BCUT2D eigenvalue weighted by molar-refractivity contribution is -0.608. The molecule has 3 rings (SSSR count). The molecule has 0 aromatic carbocycles. The van der Waals surface area contributed by atoms with Crippen LogP contribution in [0.1, 0.15) is 33.6 Å². The van der Waals surface area contributed by atoms with E-state index in [1.165, 1.54) is 0 Å². The first-order chi connectivity index (χ1) is 9.99. The molecule has 1 amide bonds. The zero-order valence-electron chi connectivity index (χ0n) is 12.7. The minimum atomic E-state index is -3.25. The number of hydrogen-bond acceptors (Lipinski definition) is 5. The third-order valence-corrected chi connectivity index (χ3v) is 4.40. The molecule has 9 heteroatoms. The zero-order chi connectivity index (χ0) is 16.9. The number of carbonyl (C=O) groups is 1. The van der Waals surface area contributed by atoms with Gasteiger partial charge in [-0.05, 0) is 33.6 Å². The number of carbonyl (C=O) groups excluding carboxylic acids is 1. The van der Waals surface area contributed by atoms with Crippen molar-refractivity contribution in [3.63, 3.8) is 0 Å². The fourth-order valence-electron chi connectivity index (χ4n) is 3.18. The lowest BCUT2D eigenvalue weighted by Gasteiger charge is -2.55. The van der Waals surface area contributed by atoms with Crippen LogP contribution in [0.25, 0.3) is 0 Å². The third kappa shape index (κ3) is 2.62. The van der Waals surface area contributed by atoms with Crippen molar-refractivity contribution in [1.82, 2.24) is 4.90 Å². The summed E-state index contributed by atoms with van der Waals surface area (Å²) in [7, 11) is 0. The second kappa shape index (κ2) is 5.29. The zero-order valence-corrected chi connectivity index (χ0v) is 12.7. The van der Waals surface area contributed by atoms with Gasteiger partial charge in [0.1, 0.15) is 5.60 Å². The normalized spacial score (nSPS) is 32.4. The molecule has 3 fully saturated rings. The summed E-state index contributed by atoms with van der Waals surface area (Å²) in [6, 6.07) is -0.252. The Morgan fingerprint density at radius 2 is 2.00 bits per heavy atom. The Morgan fingerprint density at radius 1 is 1.45 bits per heavy atom. The van der Waals surface area contributed by atoms with Crippen molar-refractivity contribution in [2.45, 2.75) is 63.3 Å². The van der Waals surface area contributed by atoms with Crippen molar-refractivity contribution in [3.8, 4) is 0 Å². The van der Waals surface area contributed by atoms with Crippen molar-refractivity contribution in [3.05, 3.63) is 10.1 Å². The number of aliphatic hydroxyl groups excluding tert-OH is 1. The van der Waals surface area contributed by atoms with Crippen LogP contribution in [0.3, 0.4) is 0 Å². The number of hydrogen-bond donors (Lipinski definition) is 1. The highest BCUT2D eigenvalue weighted by molar-refractivity contribution is 5.69. The third-order valence-electron chi connectivity index (χ3n) is 4.40. The Hall–Kier alpha value is -1.51. The van der Waals surface area contributed by atoms with Crippen molar-refractivity contribution in [1.29, 1.82) is 0 Å². The van der Waals surface area contributed by atoms with Gasteiger partial charge in [0.2, 0.25) is 0 Å². The molecule has 7 nitrogen and oxygen atoms in total. The number of ether oxygens (including phenoxy) is 1. The lowest BCUT2D eigenvalue weighted by Crippen LogP contribution is -2.74. The summed E-state index contributed by atoms with van der Waals surface area (Å²) in [5.41, 5.74) is -3.03. The number of aliphatic hydroxyl groups is 1. The predicted molar refractivity (Wildman–Crippen MR) is 71.2 cm³/mol. The molecular formula is C13H20F2N2O5. The van der Waals surface area contributed by atoms with E-state index in [0.29, 0.717) is 0 Å². The van der Waals surface area contributed by atoms with Crippen LogP contribution < -0.4 is 0 Å². The highest BCUT2D eigenvalue weighted by atomic mass is 19.3. The monoisotopic (exact) mass is 322 g/mol. The van der Waals surface area contributed by atoms with Crippen molar-refractivity contribution in [2.24, 2.45) is 5.92 Å². The van der Waals surface area contributed by atoms with Crippen molar-refractivity contribution >= 4 is 6.09 Å². The van der Waals surface area contributed by atoms with Crippen LogP contribution in [-0.4, -0.2) is 57.3 Å². The fourth-order valence-corrected chi connectivity index (χ4v) is 3.18. The average molecular weight is 322 g/mol. The Kier molecular flexibility index (Phi) is 4.05. The van der Waals surface area contributed by atoms with E-state index in [1.54, 1.807) is 20.8 Å². The van der Waals surface area contributed by atoms with Crippen LogP contribution in [-0.2, 0) is 4.74 Å². The quantitative estimate of drug-likeness (QED) is 0.630. The Labute approximate surface area is 126 Å². The van der Waals surface area contributed by atoms with Crippen LogP contribution in [0.5, 0.6) is 0 Å². The summed E-state index contributed by atoms with van der Waals surface area (Å²) in [5.74, 6) is -0.657. The molecule has 1 saturated carbocycles. The van der Waals surface area contributed by atoms with Gasteiger partial charge in [0.25, 0.3) is 12.0 Å². The first kappa shape index (κ1) is 16.9. The molecule has 2 bridgehead atoms. The minimum absolute atomic E-state index is 0.226. The Morgan fingerprint density at radius 3 is 2.41 bits per heavy atom. The van der Waals surface area contributed by atoms with E-state index in [4.69, 9.17) is 4.74 Å². The smallest absolute Gasteiger partial charge is 0.410 e. The number of fused-ring (bicyclic) bond motifs is 2. The van der Waals surface area contributed by atoms with E-state index in [2.05, 4.69) is 0 Å². The molecule has 2 saturated heterocycles. The molecule has 0 aromatic rings. The molecule has 2 heterocycles. The number of piperidine rings is 2. The summed E-state index contributed by atoms with van der Waals surface area (Å²) in [6.45, 7) is 4.38. The maximum Gasteiger partial charge on any atom is 0.410 e. The second-order valence-corrected chi connectivity index (χ2v) is 6.96. The molecule has 2 atom stereocenters. The van der Waals surface area contributed by atoms with Gasteiger partial charge in [-0.1, -0.05) is 0 Å². The first-order valence-electron chi connectivity index (χ1n) is 7.09. The van der Waals surface area contributed by atoms with E-state index in [1.807, 2.05) is 0 Å². The first-order valence-corrected chi connectivity index (χ1v) is 7.09. The van der Waals surface area contributed by atoms with Crippen molar-refractivity contribution in [2.75, 3.05) is 6.54 Å². The van der Waals surface area contributed by atoms with E-state index in [0.717, 1.165) is 4.90 Å². The molecule has 3 aliphatic rings. The molecule has 2 unspecified atom stereocenters. The molecule has 0 aromatic heterocycles. The number of alkyl halides is 2. The van der Waals surface area contributed by atoms with Gasteiger partial charge in [-0.3, -0.25) is 15.0 Å². The Balaban J connectivity index is 2.27.